The minimum absolute atomic E-state index is 0.0661. The van der Waals surface area contributed by atoms with Crippen LogP contribution in [-0.4, -0.2) is 60.7 Å². The van der Waals surface area contributed by atoms with E-state index >= 15 is 0 Å². The number of nitrogens with zero attached hydrogens (tertiary/aromatic N) is 1. The van der Waals surface area contributed by atoms with Crippen LogP contribution in [0.4, 0.5) is 4.39 Å². The van der Waals surface area contributed by atoms with Crippen molar-refractivity contribution in [1.29, 1.82) is 0 Å². The monoisotopic (exact) mass is 598 g/mol. The number of carboxylic acids is 1. The van der Waals surface area contributed by atoms with Crippen LogP contribution in [0.3, 0.4) is 0 Å². The highest BCUT2D eigenvalue weighted by Gasteiger charge is 2.27. The van der Waals surface area contributed by atoms with Crippen LogP contribution in [0.1, 0.15) is 56.7 Å². The van der Waals surface area contributed by atoms with E-state index < -0.39 is 22.1 Å². The van der Waals surface area contributed by atoms with Crippen LogP contribution in [0, 0.1) is 5.82 Å². The lowest BCUT2D eigenvalue weighted by Gasteiger charge is -2.29. The zero-order valence-electron chi connectivity index (χ0n) is 24.9. The van der Waals surface area contributed by atoms with E-state index in [9.17, 15) is 22.7 Å². The van der Waals surface area contributed by atoms with Gasteiger partial charge in [0.25, 0.3) is 0 Å². The van der Waals surface area contributed by atoms with Crippen molar-refractivity contribution in [2.45, 2.75) is 75.8 Å². The number of rotatable bonds is 16. The highest BCUT2D eigenvalue weighted by molar-refractivity contribution is 7.89. The molecule has 42 heavy (non-hydrogen) atoms. The maximum Gasteiger partial charge on any atom is 0.303 e. The molecular formula is C33H43FN2O5S. The topological polar surface area (TPSA) is 107 Å². The maximum absolute atomic E-state index is 13.9. The van der Waals surface area contributed by atoms with Crippen LogP contribution in [0.25, 0.3) is 11.1 Å². The zero-order valence-corrected chi connectivity index (χ0v) is 25.8. The molecule has 0 spiro atoms. The number of likely N-dealkylation sites (N-methyl/N-ethyl adjacent to an activating group) is 1. The van der Waals surface area contributed by atoms with Gasteiger partial charge in [-0.05, 0) is 92.0 Å². The second-order valence-corrected chi connectivity index (χ2v) is 13.4. The Hall–Kier alpha value is -3.11. The molecule has 0 aliphatic rings. The number of aliphatic carboxylic acids is 1. The zero-order chi connectivity index (χ0) is 30.9. The number of aliphatic hydroxyl groups is 1. The first kappa shape index (κ1) is 33.4. The van der Waals surface area contributed by atoms with Crippen LogP contribution >= 0.6 is 0 Å². The number of sulfonamides is 1. The second kappa shape index (κ2) is 14.9. The Labute approximate surface area is 249 Å². The highest BCUT2D eigenvalue weighted by atomic mass is 32.2. The van der Waals surface area contributed by atoms with Crippen molar-refractivity contribution >= 4 is 16.0 Å². The fourth-order valence-electron chi connectivity index (χ4n) is 4.93. The number of carboxylic acid groups (broad SMARTS) is 1. The van der Waals surface area contributed by atoms with Crippen molar-refractivity contribution in [3.8, 4) is 11.1 Å². The van der Waals surface area contributed by atoms with Crippen LogP contribution < -0.4 is 5.32 Å². The Balaban J connectivity index is 1.59. The third-order valence-corrected chi connectivity index (χ3v) is 9.46. The molecule has 228 valence electrons. The van der Waals surface area contributed by atoms with Gasteiger partial charge in [0.1, 0.15) is 5.82 Å². The van der Waals surface area contributed by atoms with Gasteiger partial charge in [0.15, 0.2) is 0 Å². The molecule has 0 heterocycles. The lowest BCUT2D eigenvalue weighted by molar-refractivity contribution is -0.136. The van der Waals surface area contributed by atoms with E-state index in [0.29, 0.717) is 30.4 Å². The summed E-state index contributed by atoms with van der Waals surface area (Å²) in [4.78, 5) is 11.0. The van der Waals surface area contributed by atoms with Crippen molar-refractivity contribution in [3.05, 3.63) is 89.2 Å². The molecule has 3 aromatic carbocycles. The largest absolute Gasteiger partial charge is 0.481 e. The molecule has 9 heteroatoms. The number of aliphatic hydroxyl groups excluding tert-OH is 1. The average molecular weight is 599 g/mol. The van der Waals surface area contributed by atoms with Gasteiger partial charge in [-0.15, -0.1) is 0 Å². The van der Waals surface area contributed by atoms with E-state index in [0.717, 1.165) is 29.5 Å². The number of aryl methyl sites for hydroxylation is 3. The molecule has 3 N–H and O–H groups in total. The van der Waals surface area contributed by atoms with E-state index in [4.69, 9.17) is 5.11 Å². The van der Waals surface area contributed by atoms with E-state index in [1.807, 2.05) is 57.2 Å². The van der Waals surface area contributed by atoms with Crippen molar-refractivity contribution in [3.63, 3.8) is 0 Å². The van der Waals surface area contributed by atoms with E-state index in [-0.39, 0.29) is 35.8 Å². The molecule has 0 fully saturated rings. The smallest absolute Gasteiger partial charge is 0.303 e. The molecule has 0 aliphatic carbocycles. The van der Waals surface area contributed by atoms with Gasteiger partial charge in [0, 0.05) is 32.1 Å². The Kier molecular flexibility index (Phi) is 11.8. The fourth-order valence-corrected chi connectivity index (χ4v) is 6.41. The second-order valence-electron chi connectivity index (χ2n) is 11.4. The molecule has 0 saturated heterocycles. The molecule has 0 bridgehead atoms. The van der Waals surface area contributed by atoms with Gasteiger partial charge in [-0.1, -0.05) is 55.5 Å². The molecule has 3 rings (SSSR count). The fraction of sp³-hybridized carbons (Fsp3) is 0.424. The molecule has 0 aliphatic heterocycles. The van der Waals surface area contributed by atoms with Gasteiger partial charge in [-0.2, -0.15) is 4.31 Å². The normalized spacial score (nSPS) is 12.9. The van der Waals surface area contributed by atoms with Crippen LogP contribution in [0.5, 0.6) is 0 Å². The van der Waals surface area contributed by atoms with Gasteiger partial charge in [-0.25, -0.2) is 12.8 Å². The van der Waals surface area contributed by atoms with Gasteiger partial charge in [0.05, 0.1) is 11.0 Å². The van der Waals surface area contributed by atoms with E-state index in [2.05, 4.69) is 5.32 Å². The summed E-state index contributed by atoms with van der Waals surface area (Å²) < 4.78 is 42.1. The number of hydrogen-bond donors (Lipinski definition) is 3. The summed E-state index contributed by atoms with van der Waals surface area (Å²) in [7, 11) is -2.37. The number of benzene rings is 3. The number of halogens is 1. The summed E-state index contributed by atoms with van der Waals surface area (Å²) in [5, 5.41) is 22.9. The molecule has 0 aromatic heterocycles. The SMILES string of the molecule is CCc1cc(-c2ccc(CCC(=O)O)cc2)ccc1S(=O)(=O)N(C)CC(O)CNC(C)(C)CCCc1ccccc1F. The Morgan fingerprint density at radius 2 is 1.67 bits per heavy atom. The minimum atomic E-state index is -3.85. The van der Waals surface area contributed by atoms with Crippen LogP contribution in [0.2, 0.25) is 0 Å². The van der Waals surface area contributed by atoms with Crippen LogP contribution in [-0.2, 0) is 34.1 Å². The van der Waals surface area contributed by atoms with Gasteiger partial charge in [-0.3, -0.25) is 4.79 Å². The van der Waals surface area contributed by atoms with Gasteiger partial charge >= 0.3 is 5.97 Å². The predicted octanol–water partition coefficient (Wildman–Crippen LogP) is 5.44. The first-order valence-corrected chi connectivity index (χ1v) is 15.8. The molecule has 7 nitrogen and oxygen atoms in total. The van der Waals surface area contributed by atoms with Crippen LogP contribution in [0.15, 0.2) is 71.6 Å². The first-order valence-electron chi connectivity index (χ1n) is 14.4. The summed E-state index contributed by atoms with van der Waals surface area (Å²) in [6.07, 6.45) is 2.28. The third-order valence-electron chi connectivity index (χ3n) is 7.53. The predicted molar refractivity (Wildman–Crippen MR) is 164 cm³/mol. The molecule has 0 radical (unpaired) electrons. The Bertz CT molecular complexity index is 1440. The minimum Gasteiger partial charge on any atom is -0.481 e. The quantitative estimate of drug-likeness (QED) is 0.203. The van der Waals surface area contributed by atoms with Gasteiger partial charge in [0.2, 0.25) is 10.0 Å². The molecule has 3 aromatic rings. The summed E-state index contributed by atoms with van der Waals surface area (Å²) in [5.41, 5.74) is 3.77. The third kappa shape index (κ3) is 9.46. The number of nitrogens with one attached hydrogen (secondary N) is 1. The molecule has 1 unspecified atom stereocenters. The molecule has 0 amide bonds. The van der Waals surface area contributed by atoms with Crippen molar-refractivity contribution in [2.24, 2.45) is 0 Å². The van der Waals surface area contributed by atoms with Crippen molar-refractivity contribution in [1.82, 2.24) is 9.62 Å². The lowest BCUT2D eigenvalue weighted by Crippen LogP contribution is -2.46. The number of carbonyl (C=O) groups is 1. The van der Waals surface area contributed by atoms with E-state index in [1.54, 1.807) is 24.3 Å². The lowest BCUT2D eigenvalue weighted by atomic mass is 9.95. The number of hydrogen-bond acceptors (Lipinski definition) is 5. The Morgan fingerprint density at radius 3 is 2.31 bits per heavy atom. The maximum atomic E-state index is 13.9. The standard InChI is InChI=1S/C33H43FN2O5S/c1-5-25-21-28(26-15-12-24(13-16-26)14-19-32(38)39)17-18-31(25)42(40,41)36(4)23-29(37)22-35-33(2,3)20-8-10-27-9-6-7-11-30(27)34/h6-7,9,11-13,15-18,21,29,35,37H,5,8,10,14,19-20,22-23H2,1-4H3,(H,38,39). The molecule has 1 atom stereocenters. The molecular weight excluding hydrogens is 555 g/mol. The first-order chi connectivity index (χ1) is 19.8. The summed E-state index contributed by atoms with van der Waals surface area (Å²) >= 11 is 0. The number of β-amino-alcohol motifs (C(OH)–C–C–N with tert-alkyl or cyclic N) is 1. The van der Waals surface area contributed by atoms with Crippen molar-refractivity contribution < 1.29 is 27.8 Å². The Morgan fingerprint density at radius 1 is 1.00 bits per heavy atom. The molecule has 0 saturated carbocycles. The van der Waals surface area contributed by atoms with Gasteiger partial charge < -0.3 is 15.5 Å². The average Bonchev–Trinajstić information content (AvgIpc) is 2.96. The van der Waals surface area contributed by atoms with E-state index in [1.165, 1.54) is 17.4 Å². The summed E-state index contributed by atoms with van der Waals surface area (Å²) in [6.45, 7) is 6.08. The summed E-state index contributed by atoms with van der Waals surface area (Å²) in [6, 6.07) is 19.6. The van der Waals surface area contributed by atoms with Crippen molar-refractivity contribution in [2.75, 3.05) is 20.1 Å². The summed E-state index contributed by atoms with van der Waals surface area (Å²) in [5.74, 6) is -1.04. The highest BCUT2D eigenvalue weighted by Crippen LogP contribution is 2.28.